The van der Waals surface area contributed by atoms with Crippen molar-refractivity contribution in [3.8, 4) is 0 Å². The Morgan fingerprint density at radius 1 is 1.24 bits per heavy atom. The van der Waals surface area contributed by atoms with Crippen LogP contribution in [0.3, 0.4) is 0 Å². The Morgan fingerprint density at radius 3 is 2.67 bits per heavy atom. The summed E-state index contributed by atoms with van der Waals surface area (Å²) < 4.78 is 26.7. The van der Waals surface area contributed by atoms with E-state index in [9.17, 15) is 8.42 Å². The number of nitrogen functional groups attached to an aromatic ring is 1. The van der Waals surface area contributed by atoms with Crippen molar-refractivity contribution in [1.82, 2.24) is 9.21 Å². The standard InChI is InChI=1S/C13H20ClN3O3S/c14-12-3-2-11(10-13(12)15)21(19,20)17-5-1-4-16(6-7-17)8-9-18/h2-3,10,18H,1,4-9,15H2. The summed E-state index contributed by atoms with van der Waals surface area (Å²) in [7, 11) is -3.56. The molecule has 0 saturated carbocycles. The summed E-state index contributed by atoms with van der Waals surface area (Å²) in [6.45, 7) is 2.93. The van der Waals surface area contributed by atoms with Crippen molar-refractivity contribution in [1.29, 1.82) is 0 Å². The van der Waals surface area contributed by atoms with Crippen LogP contribution in [0.5, 0.6) is 0 Å². The molecule has 1 saturated heterocycles. The van der Waals surface area contributed by atoms with Crippen molar-refractivity contribution in [3.05, 3.63) is 23.2 Å². The largest absolute Gasteiger partial charge is 0.397 e. The van der Waals surface area contributed by atoms with Gasteiger partial charge in [-0.05, 0) is 31.2 Å². The van der Waals surface area contributed by atoms with Gasteiger partial charge in [0.2, 0.25) is 10.0 Å². The van der Waals surface area contributed by atoms with Gasteiger partial charge in [-0.25, -0.2) is 8.42 Å². The number of halogens is 1. The topological polar surface area (TPSA) is 86.9 Å². The van der Waals surface area contributed by atoms with Crippen LogP contribution in [-0.4, -0.2) is 62.1 Å². The molecule has 6 nitrogen and oxygen atoms in total. The third-order valence-electron chi connectivity index (χ3n) is 3.57. The Hall–Kier alpha value is -0.860. The van der Waals surface area contributed by atoms with Crippen LogP contribution in [0.1, 0.15) is 6.42 Å². The van der Waals surface area contributed by atoms with E-state index >= 15 is 0 Å². The second kappa shape index (κ2) is 6.93. The van der Waals surface area contributed by atoms with Crippen LogP contribution in [0.2, 0.25) is 5.02 Å². The third kappa shape index (κ3) is 3.87. The Bertz CT molecular complexity index is 594. The number of aliphatic hydroxyl groups excluding tert-OH is 1. The second-order valence-corrected chi connectivity index (χ2v) is 7.35. The van der Waals surface area contributed by atoms with Crippen LogP contribution in [0.25, 0.3) is 0 Å². The molecule has 0 amide bonds. The molecule has 8 heteroatoms. The van der Waals surface area contributed by atoms with Crippen LogP contribution in [0.15, 0.2) is 23.1 Å². The molecule has 1 heterocycles. The molecule has 0 aromatic heterocycles. The van der Waals surface area contributed by atoms with Crippen molar-refractivity contribution >= 4 is 27.3 Å². The average Bonchev–Trinajstić information content (AvgIpc) is 2.68. The molecule has 1 aromatic rings. The summed E-state index contributed by atoms with van der Waals surface area (Å²) in [6, 6.07) is 4.37. The first kappa shape index (κ1) is 16.5. The van der Waals surface area contributed by atoms with Gasteiger partial charge in [-0.15, -0.1) is 0 Å². The lowest BCUT2D eigenvalue weighted by molar-refractivity contribution is 0.202. The van der Waals surface area contributed by atoms with Gasteiger partial charge in [-0.2, -0.15) is 4.31 Å². The van der Waals surface area contributed by atoms with E-state index in [1.165, 1.54) is 22.5 Å². The molecule has 1 aliphatic rings. The van der Waals surface area contributed by atoms with Crippen LogP contribution in [0.4, 0.5) is 5.69 Å². The molecule has 1 aliphatic heterocycles. The zero-order valence-corrected chi connectivity index (χ0v) is 13.3. The predicted molar refractivity (Wildman–Crippen MR) is 82.8 cm³/mol. The highest BCUT2D eigenvalue weighted by Gasteiger charge is 2.27. The maximum absolute atomic E-state index is 12.6. The summed E-state index contributed by atoms with van der Waals surface area (Å²) in [4.78, 5) is 2.23. The summed E-state index contributed by atoms with van der Waals surface area (Å²) in [5.41, 5.74) is 5.95. The van der Waals surface area contributed by atoms with E-state index in [1.54, 1.807) is 0 Å². The molecule has 1 fully saturated rings. The minimum absolute atomic E-state index is 0.0838. The smallest absolute Gasteiger partial charge is 0.243 e. The zero-order chi connectivity index (χ0) is 15.5. The Morgan fingerprint density at radius 2 is 2.00 bits per heavy atom. The predicted octanol–water partition coefficient (Wildman–Crippen LogP) is 0.611. The van der Waals surface area contributed by atoms with E-state index < -0.39 is 10.0 Å². The number of rotatable bonds is 4. The quantitative estimate of drug-likeness (QED) is 0.788. The second-order valence-electron chi connectivity index (χ2n) is 5.01. The maximum Gasteiger partial charge on any atom is 0.243 e. The van der Waals surface area contributed by atoms with Crippen molar-refractivity contribution in [3.63, 3.8) is 0 Å². The number of nitrogens with zero attached hydrogens (tertiary/aromatic N) is 2. The van der Waals surface area contributed by atoms with E-state index in [2.05, 4.69) is 4.90 Å². The van der Waals surface area contributed by atoms with Gasteiger partial charge in [0.25, 0.3) is 0 Å². The number of benzene rings is 1. The fraction of sp³-hybridized carbons (Fsp3) is 0.538. The highest BCUT2D eigenvalue weighted by Crippen LogP contribution is 2.25. The summed E-state index contributed by atoms with van der Waals surface area (Å²) in [6.07, 6.45) is 0.738. The van der Waals surface area contributed by atoms with Crippen molar-refractivity contribution < 1.29 is 13.5 Å². The number of anilines is 1. The minimum atomic E-state index is -3.56. The van der Waals surface area contributed by atoms with Gasteiger partial charge in [-0.3, -0.25) is 4.90 Å². The minimum Gasteiger partial charge on any atom is -0.397 e. The number of hydrogen-bond acceptors (Lipinski definition) is 5. The molecule has 0 unspecified atom stereocenters. The van der Waals surface area contributed by atoms with Gasteiger partial charge in [0, 0.05) is 26.2 Å². The summed E-state index contributed by atoms with van der Waals surface area (Å²) >= 11 is 5.83. The van der Waals surface area contributed by atoms with E-state index in [1.807, 2.05) is 0 Å². The molecule has 118 valence electrons. The van der Waals surface area contributed by atoms with Crippen LogP contribution >= 0.6 is 11.6 Å². The third-order valence-corrected chi connectivity index (χ3v) is 5.81. The first-order valence-electron chi connectivity index (χ1n) is 6.83. The molecule has 2 rings (SSSR count). The summed E-state index contributed by atoms with van der Waals surface area (Å²) in [5.74, 6) is 0. The number of hydrogen-bond donors (Lipinski definition) is 2. The van der Waals surface area contributed by atoms with E-state index in [0.717, 1.165) is 13.0 Å². The monoisotopic (exact) mass is 333 g/mol. The molecule has 0 aliphatic carbocycles. The molecular formula is C13H20ClN3O3S. The van der Waals surface area contributed by atoms with Gasteiger partial charge in [0.15, 0.2) is 0 Å². The normalized spacial score (nSPS) is 18.6. The summed E-state index contributed by atoms with van der Waals surface area (Å²) in [5, 5.41) is 9.32. The van der Waals surface area contributed by atoms with E-state index in [-0.39, 0.29) is 17.2 Å². The van der Waals surface area contributed by atoms with Crippen LogP contribution in [0, 0.1) is 0 Å². The lowest BCUT2D eigenvalue weighted by Crippen LogP contribution is -2.35. The zero-order valence-electron chi connectivity index (χ0n) is 11.7. The molecule has 0 bridgehead atoms. The lowest BCUT2D eigenvalue weighted by Gasteiger charge is -2.21. The fourth-order valence-electron chi connectivity index (χ4n) is 2.38. The first-order valence-corrected chi connectivity index (χ1v) is 8.65. The van der Waals surface area contributed by atoms with Gasteiger partial charge in [-0.1, -0.05) is 11.6 Å². The average molecular weight is 334 g/mol. The first-order chi connectivity index (χ1) is 9.95. The molecule has 3 N–H and O–H groups in total. The molecule has 1 aromatic carbocycles. The van der Waals surface area contributed by atoms with Gasteiger partial charge >= 0.3 is 0 Å². The van der Waals surface area contributed by atoms with E-state index in [0.29, 0.717) is 31.2 Å². The Labute approximate surface area is 130 Å². The van der Waals surface area contributed by atoms with Gasteiger partial charge in [0.1, 0.15) is 0 Å². The Kier molecular flexibility index (Phi) is 5.45. The highest BCUT2D eigenvalue weighted by molar-refractivity contribution is 7.89. The molecule has 0 radical (unpaired) electrons. The van der Waals surface area contributed by atoms with Crippen LogP contribution in [-0.2, 0) is 10.0 Å². The molecule has 0 atom stereocenters. The number of sulfonamides is 1. The maximum atomic E-state index is 12.6. The van der Waals surface area contributed by atoms with Gasteiger partial charge < -0.3 is 10.8 Å². The lowest BCUT2D eigenvalue weighted by atomic mass is 10.3. The molecular weight excluding hydrogens is 314 g/mol. The van der Waals surface area contributed by atoms with Crippen molar-refractivity contribution in [2.75, 3.05) is 45.1 Å². The number of β-amino-alcohol motifs (C(OH)–C–C–N with tert-alkyl or cyclic N) is 1. The SMILES string of the molecule is Nc1cc(S(=O)(=O)N2CCCN(CCO)CC2)ccc1Cl. The number of aliphatic hydroxyl groups is 1. The fourth-order valence-corrected chi connectivity index (χ4v) is 4.01. The Balaban J connectivity index is 2.17. The van der Waals surface area contributed by atoms with Gasteiger partial charge in [0.05, 0.1) is 22.2 Å². The highest BCUT2D eigenvalue weighted by atomic mass is 35.5. The number of nitrogens with two attached hydrogens (primary N) is 1. The van der Waals surface area contributed by atoms with Crippen LogP contribution < -0.4 is 5.73 Å². The molecule has 0 spiro atoms. The van der Waals surface area contributed by atoms with E-state index in [4.69, 9.17) is 22.4 Å². The van der Waals surface area contributed by atoms with Crippen molar-refractivity contribution in [2.45, 2.75) is 11.3 Å². The molecule has 21 heavy (non-hydrogen) atoms. The van der Waals surface area contributed by atoms with Crippen molar-refractivity contribution in [2.24, 2.45) is 0 Å².